The van der Waals surface area contributed by atoms with Gasteiger partial charge in [0.15, 0.2) is 11.5 Å². The second-order valence-electron chi connectivity index (χ2n) is 10.3. The van der Waals surface area contributed by atoms with Gasteiger partial charge in [-0.2, -0.15) is 0 Å². The summed E-state index contributed by atoms with van der Waals surface area (Å²) in [6.45, 7) is 1.62. The van der Waals surface area contributed by atoms with E-state index in [4.69, 9.17) is 0 Å². The van der Waals surface area contributed by atoms with Crippen molar-refractivity contribution < 1.29 is 20.4 Å². The molecular weight excluding hydrogens is 508 g/mol. The lowest BCUT2D eigenvalue weighted by molar-refractivity contribution is 0.345. The van der Waals surface area contributed by atoms with Gasteiger partial charge in [-0.15, -0.1) is 0 Å². The second kappa shape index (κ2) is 9.32. The van der Waals surface area contributed by atoms with E-state index in [0.717, 1.165) is 38.2 Å². The molecule has 198 valence electrons. The number of rotatable bonds is 3. The monoisotopic (exact) mass is 534 g/mol. The molecule has 7 rings (SSSR count). The maximum Gasteiger partial charge on any atom is 0.204 e. The van der Waals surface area contributed by atoms with Crippen molar-refractivity contribution in [3.05, 3.63) is 121 Å². The van der Waals surface area contributed by atoms with Crippen LogP contribution in [-0.4, -0.2) is 20.4 Å². The van der Waals surface area contributed by atoms with E-state index < -0.39 is 23.0 Å². The number of hydrogen-bond donors (Lipinski definition) is 4. The van der Waals surface area contributed by atoms with Crippen molar-refractivity contribution in [1.29, 1.82) is 0 Å². The van der Waals surface area contributed by atoms with Gasteiger partial charge in [0.1, 0.15) is 0 Å². The van der Waals surface area contributed by atoms with Crippen LogP contribution in [0.15, 0.2) is 115 Å². The molecule has 0 bridgehead atoms. The molecule has 7 aromatic rings. The first-order valence-electron chi connectivity index (χ1n) is 13.4. The van der Waals surface area contributed by atoms with Gasteiger partial charge in [0.05, 0.1) is 0 Å². The fraction of sp³-hybridized carbons (Fsp3) is 0.0270. The summed E-state index contributed by atoms with van der Waals surface area (Å²) in [6, 6.07) is 39.2. The van der Waals surface area contributed by atoms with Crippen LogP contribution < -0.4 is 0 Å². The molecule has 0 aromatic heterocycles. The van der Waals surface area contributed by atoms with Crippen molar-refractivity contribution in [2.75, 3.05) is 0 Å². The molecule has 0 fully saturated rings. The van der Waals surface area contributed by atoms with E-state index in [-0.39, 0.29) is 11.1 Å². The van der Waals surface area contributed by atoms with E-state index in [0.29, 0.717) is 5.56 Å². The number of fused-ring (bicyclic) bond motifs is 3. The highest BCUT2D eigenvalue weighted by Gasteiger charge is 2.26. The zero-order valence-electron chi connectivity index (χ0n) is 22.3. The fourth-order valence-electron chi connectivity index (χ4n) is 6.12. The molecule has 0 aliphatic rings. The van der Waals surface area contributed by atoms with Crippen LogP contribution in [0.4, 0.5) is 0 Å². The maximum absolute atomic E-state index is 11.0. The van der Waals surface area contributed by atoms with E-state index in [1.54, 1.807) is 6.92 Å². The first kappa shape index (κ1) is 24.6. The molecule has 4 heteroatoms. The smallest absolute Gasteiger partial charge is 0.204 e. The molecule has 0 saturated carbocycles. The number of phenols is 4. The molecule has 0 heterocycles. The van der Waals surface area contributed by atoms with Crippen molar-refractivity contribution in [1.82, 2.24) is 0 Å². The van der Waals surface area contributed by atoms with Crippen molar-refractivity contribution >= 4 is 32.3 Å². The molecule has 41 heavy (non-hydrogen) atoms. The van der Waals surface area contributed by atoms with Crippen molar-refractivity contribution in [2.24, 2.45) is 0 Å². The SMILES string of the molecule is Cc1c(O)c(O)c(O)c(O)c1-c1c2ccccc2c(-c2ccc(-c3cccc4ccccc34)cc2)c2ccccc12. The minimum atomic E-state index is -0.746. The highest BCUT2D eigenvalue weighted by molar-refractivity contribution is 6.22. The Bertz CT molecular complexity index is 2050. The Hall–Kier alpha value is -5.48. The van der Waals surface area contributed by atoms with Gasteiger partial charge in [0, 0.05) is 16.7 Å². The minimum Gasteiger partial charge on any atom is -0.504 e. The molecule has 0 aliphatic carbocycles. The normalized spacial score (nSPS) is 11.4. The van der Waals surface area contributed by atoms with Crippen LogP contribution >= 0.6 is 0 Å². The summed E-state index contributed by atoms with van der Waals surface area (Å²) >= 11 is 0. The Morgan fingerprint density at radius 2 is 0.829 bits per heavy atom. The van der Waals surface area contributed by atoms with E-state index in [2.05, 4.69) is 66.7 Å². The van der Waals surface area contributed by atoms with Crippen LogP contribution in [0.2, 0.25) is 0 Å². The number of benzene rings is 7. The summed E-state index contributed by atoms with van der Waals surface area (Å²) in [5, 5.41) is 48.3. The zero-order chi connectivity index (χ0) is 28.2. The quantitative estimate of drug-likeness (QED) is 0.103. The first-order chi connectivity index (χ1) is 20.0. The molecule has 0 atom stereocenters. The van der Waals surface area contributed by atoms with Gasteiger partial charge in [0.25, 0.3) is 0 Å². The third-order valence-electron chi connectivity index (χ3n) is 8.10. The third kappa shape index (κ3) is 3.69. The molecule has 7 aromatic carbocycles. The van der Waals surface area contributed by atoms with Gasteiger partial charge < -0.3 is 20.4 Å². The van der Waals surface area contributed by atoms with Crippen LogP contribution in [0.25, 0.3) is 65.7 Å². The summed E-state index contributed by atoms with van der Waals surface area (Å²) in [6.07, 6.45) is 0. The van der Waals surface area contributed by atoms with Crippen LogP contribution in [0.1, 0.15) is 5.56 Å². The third-order valence-corrected chi connectivity index (χ3v) is 8.10. The predicted molar refractivity (Wildman–Crippen MR) is 167 cm³/mol. The predicted octanol–water partition coefficient (Wildman–Crippen LogP) is 9.28. The van der Waals surface area contributed by atoms with E-state index >= 15 is 0 Å². The highest BCUT2D eigenvalue weighted by Crippen LogP contribution is 2.54. The van der Waals surface area contributed by atoms with E-state index in [1.165, 1.54) is 16.3 Å². The van der Waals surface area contributed by atoms with Gasteiger partial charge in [-0.25, -0.2) is 0 Å². The van der Waals surface area contributed by atoms with Crippen LogP contribution in [-0.2, 0) is 0 Å². The number of aromatic hydroxyl groups is 4. The highest BCUT2D eigenvalue weighted by atomic mass is 16.3. The van der Waals surface area contributed by atoms with Crippen LogP contribution in [0, 0.1) is 6.92 Å². The molecule has 4 nitrogen and oxygen atoms in total. The van der Waals surface area contributed by atoms with Gasteiger partial charge >= 0.3 is 0 Å². The molecule has 0 radical (unpaired) electrons. The largest absolute Gasteiger partial charge is 0.504 e. The van der Waals surface area contributed by atoms with Crippen LogP contribution in [0.3, 0.4) is 0 Å². The topological polar surface area (TPSA) is 80.9 Å². The lowest BCUT2D eigenvalue weighted by atomic mass is 9.84. The fourth-order valence-corrected chi connectivity index (χ4v) is 6.12. The number of hydrogen-bond acceptors (Lipinski definition) is 4. The summed E-state index contributed by atoms with van der Waals surface area (Å²) in [7, 11) is 0. The Morgan fingerprint density at radius 1 is 0.366 bits per heavy atom. The van der Waals surface area contributed by atoms with Crippen molar-refractivity contribution in [2.45, 2.75) is 6.92 Å². The van der Waals surface area contributed by atoms with Crippen molar-refractivity contribution in [3.63, 3.8) is 0 Å². The lowest BCUT2D eigenvalue weighted by Gasteiger charge is -2.20. The molecule has 0 aliphatic heterocycles. The molecular formula is C37H26O4. The van der Waals surface area contributed by atoms with E-state index in [1.807, 2.05) is 48.5 Å². The van der Waals surface area contributed by atoms with Gasteiger partial charge in [-0.3, -0.25) is 0 Å². The first-order valence-corrected chi connectivity index (χ1v) is 13.4. The summed E-state index contributed by atoms with van der Waals surface area (Å²) in [5.74, 6) is -2.42. The number of phenolic OH excluding ortho intramolecular Hbond substituents is 4. The Morgan fingerprint density at radius 3 is 1.44 bits per heavy atom. The van der Waals surface area contributed by atoms with Gasteiger partial charge in [-0.05, 0) is 61.5 Å². The molecule has 0 spiro atoms. The zero-order valence-corrected chi connectivity index (χ0v) is 22.3. The standard InChI is InChI=1S/C37H26O4/c1-21-31(35(39)37(41)36(40)34(21)38)33-29-14-6-4-12-27(29)32(28-13-5-7-15-30(28)33)24-19-17-23(18-20-24)26-16-8-10-22-9-2-3-11-25(22)26/h2-20,38-41H,1H3. The maximum atomic E-state index is 11.0. The van der Waals surface area contributed by atoms with Crippen LogP contribution in [0.5, 0.6) is 23.0 Å². The Labute approximate surface area is 236 Å². The molecule has 0 saturated heterocycles. The van der Waals surface area contributed by atoms with Gasteiger partial charge in [-0.1, -0.05) is 115 Å². The van der Waals surface area contributed by atoms with Gasteiger partial charge in [0.2, 0.25) is 11.5 Å². The lowest BCUT2D eigenvalue weighted by Crippen LogP contribution is -1.94. The molecule has 0 amide bonds. The van der Waals surface area contributed by atoms with E-state index in [9.17, 15) is 20.4 Å². The Balaban J connectivity index is 1.51. The Kier molecular flexibility index (Phi) is 5.58. The van der Waals surface area contributed by atoms with Crippen molar-refractivity contribution in [3.8, 4) is 56.4 Å². The molecule has 4 N–H and O–H groups in total. The minimum absolute atomic E-state index is 0.278. The average Bonchev–Trinajstić information content (AvgIpc) is 3.02. The molecule has 0 unspecified atom stereocenters. The summed E-state index contributed by atoms with van der Waals surface area (Å²) in [4.78, 5) is 0. The second-order valence-corrected chi connectivity index (χ2v) is 10.3. The summed E-state index contributed by atoms with van der Waals surface area (Å²) in [5.41, 5.74) is 5.64. The summed E-state index contributed by atoms with van der Waals surface area (Å²) < 4.78 is 0. The average molecular weight is 535 g/mol.